The normalized spacial score (nSPS) is 18.5. The van der Waals surface area contributed by atoms with Crippen molar-refractivity contribution in [3.05, 3.63) is 47.8 Å². The SMILES string of the molecule is CC(=O)C1CC(C#N)N(C(=O)CNC(=O)c2cnn(-c3ccc(C(F)(F)F)cc3)c2)C1. The lowest BCUT2D eigenvalue weighted by Crippen LogP contribution is -2.42. The third-order valence-corrected chi connectivity index (χ3v) is 5.05. The van der Waals surface area contributed by atoms with E-state index in [4.69, 9.17) is 0 Å². The van der Waals surface area contributed by atoms with Gasteiger partial charge in [0.25, 0.3) is 5.91 Å². The fourth-order valence-electron chi connectivity index (χ4n) is 3.27. The molecule has 0 saturated carbocycles. The number of nitriles is 1. The number of likely N-dealkylation sites (tertiary alicyclic amines) is 1. The Hall–Kier alpha value is -3.68. The van der Waals surface area contributed by atoms with Crippen molar-refractivity contribution in [2.75, 3.05) is 13.1 Å². The van der Waals surface area contributed by atoms with Crippen LogP contribution in [0.4, 0.5) is 13.2 Å². The molecule has 0 radical (unpaired) electrons. The maximum absolute atomic E-state index is 12.7. The van der Waals surface area contributed by atoms with Gasteiger partial charge in [-0.15, -0.1) is 0 Å². The minimum Gasteiger partial charge on any atom is -0.343 e. The van der Waals surface area contributed by atoms with E-state index in [0.717, 1.165) is 12.1 Å². The maximum Gasteiger partial charge on any atom is 0.416 e. The monoisotopic (exact) mass is 433 g/mol. The topological polar surface area (TPSA) is 108 Å². The number of nitrogens with one attached hydrogen (secondary N) is 1. The first-order chi connectivity index (χ1) is 14.6. The smallest absolute Gasteiger partial charge is 0.343 e. The molecule has 2 heterocycles. The van der Waals surface area contributed by atoms with Crippen molar-refractivity contribution in [1.29, 1.82) is 5.26 Å². The molecule has 2 aromatic rings. The molecular formula is C20H18F3N5O3. The number of ketones is 1. The summed E-state index contributed by atoms with van der Waals surface area (Å²) in [5.74, 6) is -1.59. The molecule has 0 aliphatic carbocycles. The van der Waals surface area contributed by atoms with E-state index in [-0.39, 0.29) is 30.9 Å². The highest BCUT2D eigenvalue weighted by molar-refractivity contribution is 5.96. The summed E-state index contributed by atoms with van der Waals surface area (Å²) in [5.41, 5.74) is -0.371. The lowest BCUT2D eigenvalue weighted by atomic mass is 10.0. The Morgan fingerprint density at radius 3 is 2.52 bits per heavy atom. The van der Waals surface area contributed by atoms with Crippen molar-refractivity contribution in [1.82, 2.24) is 20.0 Å². The first kappa shape index (κ1) is 22.0. The minimum atomic E-state index is -4.45. The van der Waals surface area contributed by atoms with Gasteiger partial charge in [0.1, 0.15) is 11.8 Å². The minimum absolute atomic E-state index is 0.102. The molecule has 0 spiro atoms. The second-order valence-electron chi connectivity index (χ2n) is 7.14. The number of amides is 2. The second kappa shape index (κ2) is 8.59. The zero-order chi connectivity index (χ0) is 22.8. The van der Waals surface area contributed by atoms with E-state index in [1.807, 2.05) is 6.07 Å². The van der Waals surface area contributed by atoms with Gasteiger partial charge in [0.2, 0.25) is 5.91 Å². The van der Waals surface area contributed by atoms with Crippen LogP contribution in [0.15, 0.2) is 36.7 Å². The Kier molecular flexibility index (Phi) is 6.10. The summed E-state index contributed by atoms with van der Waals surface area (Å²) < 4.78 is 39.2. The van der Waals surface area contributed by atoms with Crippen LogP contribution in [0, 0.1) is 17.2 Å². The molecule has 162 valence electrons. The van der Waals surface area contributed by atoms with Crippen LogP contribution >= 0.6 is 0 Å². The standard InChI is InChI=1S/C20H18F3N5O3/c1-12(29)13-6-17(7-24)27(10-13)18(30)9-25-19(31)14-8-26-28(11-14)16-4-2-15(3-5-16)20(21,22)23/h2-5,8,11,13,17H,6,9-10H2,1H3,(H,25,31). The van der Waals surface area contributed by atoms with Crippen LogP contribution in [0.2, 0.25) is 0 Å². The number of halogens is 3. The fraction of sp³-hybridized carbons (Fsp3) is 0.350. The van der Waals surface area contributed by atoms with Crippen molar-refractivity contribution in [2.24, 2.45) is 5.92 Å². The number of rotatable bonds is 5. The Bertz CT molecular complexity index is 1040. The van der Waals surface area contributed by atoms with Gasteiger partial charge < -0.3 is 10.2 Å². The number of carbonyl (C=O) groups excluding carboxylic acids is 3. The summed E-state index contributed by atoms with van der Waals surface area (Å²) >= 11 is 0. The molecule has 1 fully saturated rings. The number of aromatic nitrogens is 2. The predicted octanol–water partition coefficient (Wildman–Crippen LogP) is 1.95. The zero-order valence-electron chi connectivity index (χ0n) is 16.4. The van der Waals surface area contributed by atoms with Crippen LogP contribution in [0.25, 0.3) is 5.69 Å². The number of Topliss-reactive ketones (excluding diaryl/α,β-unsaturated/α-hetero) is 1. The fourth-order valence-corrected chi connectivity index (χ4v) is 3.27. The van der Waals surface area contributed by atoms with Crippen LogP contribution in [0.1, 0.15) is 29.3 Å². The molecule has 1 aromatic carbocycles. The molecule has 1 aromatic heterocycles. The highest BCUT2D eigenvalue weighted by Gasteiger charge is 2.37. The van der Waals surface area contributed by atoms with Crippen LogP contribution < -0.4 is 5.32 Å². The van der Waals surface area contributed by atoms with E-state index in [0.29, 0.717) is 5.69 Å². The van der Waals surface area contributed by atoms with Gasteiger partial charge >= 0.3 is 6.18 Å². The van der Waals surface area contributed by atoms with E-state index in [2.05, 4.69) is 10.4 Å². The van der Waals surface area contributed by atoms with E-state index < -0.39 is 35.5 Å². The molecule has 1 N–H and O–H groups in total. The van der Waals surface area contributed by atoms with Crippen LogP contribution in [0.3, 0.4) is 0 Å². The largest absolute Gasteiger partial charge is 0.416 e. The number of benzene rings is 1. The Labute approximate surface area is 175 Å². The molecule has 0 bridgehead atoms. The number of hydrogen-bond acceptors (Lipinski definition) is 5. The lowest BCUT2D eigenvalue weighted by Gasteiger charge is -2.19. The second-order valence-corrected chi connectivity index (χ2v) is 7.14. The Morgan fingerprint density at radius 1 is 1.26 bits per heavy atom. The van der Waals surface area contributed by atoms with E-state index in [9.17, 15) is 32.8 Å². The summed E-state index contributed by atoms with van der Waals surface area (Å²) in [6.07, 6.45) is -1.64. The molecule has 31 heavy (non-hydrogen) atoms. The van der Waals surface area contributed by atoms with E-state index >= 15 is 0 Å². The van der Waals surface area contributed by atoms with Gasteiger partial charge in [0, 0.05) is 18.7 Å². The average molecular weight is 433 g/mol. The molecule has 1 aliphatic heterocycles. The number of carbonyl (C=O) groups is 3. The number of nitrogens with zero attached hydrogens (tertiary/aromatic N) is 4. The zero-order valence-corrected chi connectivity index (χ0v) is 16.4. The summed E-state index contributed by atoms with van der Waals surface area (Å²) in [6.45, 7) is 1.17. The van der Waals surface area contributed by atoms with Gasteiger partial charge in [-0.1, -0.05) is 0 Å². The van der Waals surface area contributed by atoms with Crippen molar-refractivity contribution >= 4 is 17.6 Å². The predicted molar refractivity (Wildman–Crippen MR) is 101 cm³/mol. The van der Waals surface area contributed by atoms with E-state index in [1.165, 1.54) is 41.0 Å². The van der Waals surface area contributed by atoms with Gasteiger partial charge in [-0.05, 0) is 37.6 Å². The van der Waals surface area contributed by atoms with E-state index in [1.54, 1.807) is 0 Å². The average Bonchev–Trinajstić information content (AvgIpc) is 3.38. The van der Waals surface area contributed by atoms with Crippen molar-refractivity contribution in [3.8, 4) is 11.8 Å². The van der Waals surface area contributed by atoms with Gasteiger partial charge in [-0.3, -0.25) is 14.4 Å². The molecule has 1 saturated heterocycles. The third kappa shape index (κ3) is 4.91. The molecule has 3 rings (SSSR count). The van der Waals surface area contributed by atoms with Gasteiger partial charge in [0.15, 0.2) is 0 Å². The van der Waals surface area contributed by atoms with Gasteiger partial charge in [-0.25, -0.2) is 4.68 Å². The van der Waals surface area contributed by atoms with Crippen LogP contribution in [0.5, 0.6) is 0 Å². The Morgan fingerprint density at radius 2 is 1.94 bits per heavy atom. The van der Waals surface area contributed by atoms with Gasteiger partial charge in [-0.2, -0.15) is 23.5 Å². The highest BCUT2D eigenvalue weighted by atomic mass is 19.4. The number of alkyl halides is 3. The maximum atomic E-state index is 12.7. The molecule has 2 unspecified atom stereocenters. The molecule has 2 atom stereocenters. The molecule has 1 aliphatic rings. The van der Waals surface area contributed by atoms with Crippen LogP contribution in [-0.2, 0) is 15.8 Å². The summed E-state index contributed by atoms with van der Waals surface area (Å²) in [4.78, 5) is 37.5. The highest BCUT2D eigenvalue weighted by Crippen LogP contribution is 2.29. The molecule has 8 nitrogen and oxygen atoms in total. The molecule has 2 amide bonds. The first-order valence-electron chi connectivity index (χ1n) is 9.30. The van der Waals surface area contributed by atoms with Crippen molar-refractivity contribution < 1.29 is 27.6 Å². The third-order valence-electron chi connectivity index (χ3n) is 5.05. The summed E-state index contributed by atoms with van der Waals surface area (Å²) in [6, 6.07) is 5.53. The van der Waals surface area contributed by atoms with Gasteiger partial charge in [0.05, 0.1) is 35.6 Å². The molecular weight excluding hydrogens is 415 g/mol. The summed E-state index contributed by atoms with van der Waals surface area (Å²) in [7, 11) is 0. The Balaban J connectivity index is 1.61. The van der Waals surface area contributed by atoms with Crippen molar-refractivity contribution in [3.63, 3.8) is 0 Å². The lowest BCUT2D eigenvalue weighted by molar-refractivity contribution is -0.137. The van der Waals surface area contributed by atoms with Crippen molar-refractivity contribution in [2.45, 2.75) is 25.6 Å². The molecule has 11 heteroatoms. The quantitative estimate of drug-likeness (QED) is 0.776. The summed E-state index contributed by atoms with van der Waals surface area (Å²) in [5, 5.41) is 15.6. The number of hydrogen-bond donors (Lipinski definition) is 1. The first-order valence-corrected chi connectivity index (χ1v) is 9.30. The van der Waals surface area contributed by atoms with Crippen LogP contribution in [-0.4, -0.2) is 51.4 Å².